The Kier molecular flexibility index (Phi) is 5.48. The van der Waals surface area contributed by atoms with Gasteiger partial charge in [0.15, 0.2) is 11.3 Å². The highest BCUT2D eigenvalue weighted by Crippen LogP contribution is 2.33. The number of nitriles is 1. The van der Waals surface area contributed by atoms with Crippen LogP contribution in [0.15, 0.2) is 24.3 Å². The van der Waals surface area contributed by atoms with Crippen molar-refractivity contribution in [2.24, 2.45) is 0 Å². The van der Waals surface area contributed by atoms with Gasteiger partial charge in [-0.25, -0.2) is 9.48 Å². The number of carbonyl (C=O) groups is 1. The van der Waals surface area contributed by atoms with E-state index in [1.165, 1.54) is 7.11 Å². The fraction of sp³-hybridized carbons (Fsp3) is 0.421. The summed E-state index contributed by atoms with van der Waals surface area (Å²) in [6.45, 7) is 7.53. The second kappa shape index (κ2) is 7.39. The number of benzene rings is 1. The molecule has 2 rings (SSSR count). The summed E-state index contributed by atoms with van der Waals surface area (Å²) in [5.74, 6) is 0.919. The van der Waals surface area contributed by atoms with Crippen LogP contribution in [-0.2, 0) is 27.9 Å². The third-order valence-electron chi connectivity index (χ3n) is 4.09. The number of carbonyl (C=O) groups excluding carboxylic acids is 1. The molecule has 1 aromatic carbocycles. The predicted octanol–water partition coefficient (Wildman–Crippen LogP) is 3.58. The van der Waals surface area contributed by atoms with Crippen LogP contribution in [0.2, 0.25) is 0 Å². The lowest BCUT2D eigenvalue weighted by atomic mass is 10.1. The van der Waals surface area contributed by atoms with E-state index in [1.807, 2.05) is 13.8 Å². The van der Waals surface area contributed by atoms with Gasteiger partial charge in [0.25, 0.3) is 0 Å². The van der Waals surface area contributed by atoms with Crippen LogP contribution in [0.5, 0.6) is 11.5 Å². The molecule has 0 aliphatic rings. The maximum Gasteiger partial charge on any atom is 0.333 e. The van der Waals surface area contributed by atoms with E-state index < -0.39 is 5.54 Å². The molecular weight excluding hydrogens is 318 g/mol. The molecule has 1 aromatic heterocycles. The predicted molar refractivity (Wildman–Crippen MR) is 93.6 cm³/mol. The Morgan fingerprint density at radius 2 is 1.88 bits per heavy atom. The molecule has 25 heavy (non-hydrogen) atoms. The molecule has 0 radical (unpaired) electrons. The molecule has 6 heteroatoms. The molecule has 2 aromatic rings. The van der Waals surface area contributed by atoms with Crippen molar-refractivity contribution in [3.05, 3.63) is 41.2 Å². The van der Waals surface area contributed by atoms with E-state index in [2.05, 4.69) is 11.2 Å². The Balaban J connectivity index is 2.50. The normalized spacial score (nSPS) is 11.0. The summed E-state index contributed by atoms with van der Waals surface area (Å²) in [5.41, 5.74) is 1.24. The summed E-state index contributed by atoms with van der Waals surface area (Å²) in [6, 6.07) is 8.99. The van der Waals surface area contributed by atoms with Crippen molar-refractivity contribution in [3.8, 4) is 17.6 Å². The lowest BCUT2D eigenvalue weighted by Gasteiger charge is -2.24. The minimum atomic E-state index is -0.934. The largest absolute Gasteiger partial charge is 0.467 e. The molecule has 0 saturated heterocycles. The van der Waals surface area contributed by atoms with Crippen LogP contribution in [0.4, 0.5) is 0 Å². The Morgan fingerprint density at radius 1 is 1.24 bits per heavy atom. The molecule has 0 bridgehead atoms. The second-order valence-corrected chi connectivity index (χ2v) is 6.13. The lowest BCUT2D eigenvalue weighted by molar-refractivity contribution is -0.150. The summed E-state index contributed by atoms with van der Waals surface area (Å²) in [6.07, 6.45) is 1.32. The van der Waals surface area contributed by atoms with Crippen molar-refractivity contribution in [1.29, 1.82) is 5.26 Å². The summed E-state index contributed by atoms with van der Waals surface area (Å²) in [7, 11) is 1.37. The van der Waals surface area contributed by atoms with Crippen molar-refractivity contribution in [3.63, 3.8) is 0 Å². The van der Waals surface area contributed by atoms with Crippen molar-refractivity contribution in [1.82, 2.24) is 9.78 Å². The third kappa shape index (κ3) is 3.50. The number of aryl methyl sites for hydroxylation is 1. The van der Waals surface area contributed by atoms with E-state index in [-0.39, 0.29) is 5.97 Å². The first kappa shape index (κ1) is 18.5. The number of nitrogens with zero attached hydrogens (tertiary/aromatic N) is 3. The molecule has 0 amide bonds. The summed E-state index contributed by atoms with van der Waals surface area (Å²) in [4.78, 5) is 12.2. The molecule has 1 heterocycles. The number of methoxy groups -OCH3 is 1. The van der Waals surface area contributed by atoms with Gasteiger partial charge in [-0.15, -0.1) is 0 Å². The van der Waals surface area contributed by atoms with Gasteiger partial charge in [-0.2, -0.15) is 10.4 Å². The fourth-order valence-corrected chi connectivity index (χ4v) is 2.66. The molecule has 0 fully saturated rings. The first-order valence-corrected chi connectivity index (χ1v) is 8.26. The Bertz CT molecular complexity index is 799. The average Bonchev–Trinajstić information content (AvgIpc) is 2.99. The Morgan fingerprint density at radius 3 is 2.36 bits per heavy atom. The highest BCUT2D eigenvalue weighted by molar-refractivity contribution is 5.77. The van der Waals surface area contributed by atoms with E-state index in [9.17, 15) is 4.79 Å². The number of hydrogen-bond donors (Lipinski definition) is 0. The highest BCUT2D eigenvalue weighted by Gasteiger charge is 2.36. The quantitative estimate of drug-likeness (QED) is 0.751. The van der Waals surface area contributed by atoms with E-state index in [0.29, 0.717) is 29.9 Å². The molecule has 0 saturated carbocycles. The standard InChI is InChI=1S/C19H23N3O3/c1-6-15-17(25-14-10-8-13(12-20)9-11-14)16(7-2)22(21-15)19(3,4)18(23)24-5/h8-11H,6-7H2,1-5H3. The zero-order valence-electron chi connectivity index (χ0n) is 15.3. The molecule has 0 N–H and O–H groups in total. The minimum Gasteiger partial charge on any atom is -0.467 e. The average molecular weight is 341 g/mol. The molecule has 0 aliphatic carbocycles. The van der Waals surface area contributed by atoms with Crippen LogP contribution in [0.1, 0.15) is 44.6 Å². The molecule has 0 unspecified atom stereocenters. The smallest absolute Gasteiger partial charge is 0.333 e. The molecule has 0 atom stereocenters. The van der Waals surface area contributed by atoms with Gasteiger partial charge in [0.1, 0.15) is 11.4 Å². The second-order valence-electron chi connectivity index (χ2n) is 6.13. The maximum atomic E-state index is 12.2. The number of rotatable bonds is 6. The highest BCUT2D eigenvalue weighted by atomic mass is 16.5. The SMILES string of the molecule is CCc1nn(C(C)(C)C(=O)OC)c(CC)c1Oc1ccc(C#N)cc1. The number of aromatic nitrogens is 2. The van der Waals surface area contributed by atoms with Gasteiger partial charge in [0.2, 0.25) is 0 Å². The first-order valence-electron chi connectivity index (χ1n) is 8.26. The zero-order chi connectivity index (χ0) is 18.6. The molecule has 132 valence electrons. The van der Waals surface area contributed by atoms with E-state index in [0.717, 1.165) is 11.4 Å². The van der Waals surface area contributed by atoms with Gasteiger partial charge >= 0.3 is 5.97 Å². The minimum absolute atomic E-state index is 0.364. The van der Waals surface area contributed by atoms with Crippen LogP contribution in [0, 0.1) is 11.3 Å². The van der Waals surface area contributed by atoms with Crippen molar-refractivity contribution < 1.29 is 14.3 Å². The van der Waals surface area contributed by atoms with Crippen LogP contribution in [-0.4, -0.2) is 22.9 Å². The number of ether oxygens (including phenoxy) is 2. The van der Waals surface area contributed by atoms with E-state index >= 15 is 0 Å². The molecule has 0 spiro atoms. The van der Waals surface area contributed by atoms with Gasteiger partial charge < -0.3 is 9.47 Å². The van der Waals surface area contributed by atoms with E-state index in [4.69, 9.17) is 14.7 Å². The van der Waals surface area contributed by atoms with E-state index in [1.54, 1.807) is 42.8 Å². The van der Waals surface area contributed by atoms with Gasteiger partial charge in [0.05, 0.1) is 24.4 Å². The van der Waals surface area contributed by atoms with Gasteiger partial charge in [-0.05, 0) is 51.0 Å². The molecule has 0 aliphatic heterocycles. The van der Waals surface area contributed by atoms with Crippen LogP contribution in [0.25, 0.3) is 0 Å². The number of esters is 1. The summed E-state index contributed by atoms with van der Waals surface area (Å²) < 4.78 is 12.7. The van der Waals surface area contributed by atoms with Gasteiger partial charge in [0, 0.05) is 0 Å². The third-order valence-corrected chi connectivity index (χ3v) is 4.09. The van der Waals surface area contributed by atoms with Gasteiger partial charge in [-0.3, -0.25) is 0 Å². The molecular formula is C19H23N3O3. The fourth-order valence-electron chi connectivity index (χ4n) is 2.66. The number of hydrogen-bond acceptors (Lipinski definition) is 5. The monoisotopic (exact) mass is 341 g/mol. The topological polar surface area (TPSA) is 77.1 Å². The zero-order valence-corrected chi connectivity index (χ0v) is 15.3. The molecule has 6 nitrogen and oxygen atoms in total. The summed E-state index contributed by atoms with van der Waals surface area (Å²) >= 11 is 0. The first-order chi connectivity index (χ1) is 11.9. The Labute approximate surface area is 148 Å². The van der Waals surface area contributed by atoms with Crippen molar-refractivity contribution >= 4 is 5.97 Å². The maximum absolute atomic E-state index is 12.2. The van der Waals surface area contributed by atoms with Crippen LogP contribution < -0.4 is 4.74 Å². The van der Waals surface area contributed by atoms with Crippen molar-refractivity contribution in [2.45, 2.75) is 46.1 Å². The lowest BCUT2D eigenvalue weighted by Crippen LogP contribution is -2.38. The van der Waals surface area contributed by atoms with Gasteiger partial charge in [-0.1, -0.05) is 13.8 Å². The van der Waals surface area contributed by atoms with Crippen LogP contribution in [0.3, 0.4) is 0 Å². The Hall–Kier alpha value is -2.81. The van der Waals surface area contributed by atoms with Crippen LogP contribution >= 0.6 is 0 Å². The summed E-state index contributed by atoms with van der Waals surface area (Å²) in [5, 5.41) is 13.5. The van der Waals surface area contributed by atoms with Crippen molar-refractivity contribution in [2.75, 3.05) is 7.11 Å².